The van der Waals surface area contributed by atoms with E-state index in [9.17, 15) is 9.90 Å². The molecule has 0 bridgehead atoms. The van der Waals surface area contributed by atoms with Crippen molar-refractivity contribution in [1.29, 1.82) is 0 Å². The molecular weight excluding hydrogens is 206 g/mol. The fourth-order valence-corrected chi connectivity index (χ4v) is 1.85. The molecule has 0 aliphatic carbocycles. The summed E-state index contributed by atoms with van der Waals surface area (Å²) in [5, 5.41) is 9.56. The summed E-state index contributed by atoms with van der Waals surface area (Å²) >= 11 is 0. The SMILES string of the molecule is C=CC[C@@H]1C[C@H](O)CN1C(=O)OC(C)(C)C. The largest absolute Gasteiger partial charge is 0.444 e. The van der Waals surface area contributed by atoms with Crippen LogP contribution in [0.1, 0.15) is 33.6 Å². The summed E-state index contributed by atoms with van der Waals surface area (Å²) in [6.07, 6.45) is 2.26. The maximum Gasteiger partial charge on any atom is 0.410 e. The van der Waals surface area contributed by atoms with Crippen LogP contribution >= 0.6 is 0 Å². The van der Waals surface area contributed by atoms with Gasteiger partial charge in [-0.3, -0.25) is 0 Å². The molecule has 0 spiro atoms. The molecular formula is C12H21NO3. The summed E-state index contributed by atoms with van der Waals surface area (Å²) < 4.78 is 5.29. The number of ether oxygens (including phenoxy) is 1. The minimum absolute atomic E-state index is 0.0161. The van der Waals surface area contributed by atoms with E-state index in [0.717, 1.165) is 0 Å². The standard InChI is InChI=1S/C12H21NO3/c1-5-6-9-7-10(14)8-13(9)11(15)16-12(2,3)4/h5,9-10,14H,1,6-8H2,2-4H3/t9-,10+/m1/s1. The highest BCUT2D eigenvalue weighted by Gasteiger charge is 2.35. The van der Waals surface area contributed by atoms with Crippen LogP contribution < -0.4 is 0 Å². The number of carbonyl (C=O) groups excluding carboxylic acids is 1. The average molecular weight is 227 g/mol. The molecule has 0 aromatic rings. The Hall–Kier alpha value is -1.03. The Morgan fingerprint density at radius 1 is 1.62 bits per heavy atom. The van der Waals surface area contributed by atoms with Crippen molar-refractivity contribution in [3.8, 4) is 0 Å². The molecule has 4 heteroatoms. The summed E-state index contributed by atoms with van der Waals surface area (Å²) in [6.45, 7) is 9.51. The number of carbonyl (C=O) groups is 1. The van der Waals surface area contributed by atoms with Crippen LogP contribution in [0, 0.1) is 0 Å². The van der Waals surface area contributed by atoms with Gasteiger partial charge in [-0.15, -0.1) is 6.58 Å². The monoisotopic (exact) mass is 227 g/mol. The van der Waals surface area contributed by atoms with E-state index in [1.54, 1.807) is 11.0 Å². The molecule has 0 aromatic heterocycles. The van der Waals surface area contributed by atoms with Crippen molar-refractivity contribution >= 4 is 6.09 Å². The zero-order valence-corrected chi connectivity index (χ0v) is 10.3. The van der Waals surface area contributed by atoms with Gasteiger partial charge in [0.1, 0.15) is 5.60 Å². The number of likely N-dealkylation sites (tertiary alicyclic amines) is 1. The smallest absolute Gasteiger partial charge is 0.410 e. The van der Waals surface area contributed by atoms with E-state index < -0.39 is 11.7 Å². The van der Waals surface area contributed by atoms with Crippen LogP contribution in [0.2, 0.25) is 0 Å². The lowest BCUT2D eigenvalue weighted by Gasteiger charge is -2.27. The second-order valence-corrected chi connectivity index (χ2v) is 5.20. The van der Waals surface area contributed by atoms with Crippen molar-refractivity contribution in [2.45, 2.75) is 51.4 Å². The zero-order valence-electron chi connectivity index (χ0n) is 10.3. The van der Waals surface area contributed by atoms with Crippen LogP contribution in [0.3, 0.4) is 0 Å². The maximum atomic E-state index is 11.9. The Morgan fingerprint density at radius 3 is 2.75 bits per heavy atom. The van der Waals surface area contributed by atoms with Gasteiger partial charge in [0.15, 0.2) is 0 Å². The molecule has 4 nitrogen and oxygen atoms in total. The summed E-state index contributed by atoms with van der Waals surface area (Å²) in [4.78, 5) is 13.4. The number of aliphatic hydroxyl groups excluding tert-OH is 1. The molecule has 0 aromatic carbocycles. The van der Waals surface area contributed by atoms with Crippen molar-refractivity contribution in [2.24, 2.45) is 0 Å². The molecule has 16 heavy (non-hydrogen) atoms. The predicted molar refractivity (Wildman–Crippen MR) is 62.2 cm³/mol. The van der Waals surface area contributed by atoms with E-state index in [2.05, 4.69) is 6.58 Å². The highest BCUT2D eigenvalue weighted by atomic mass is 16.6. The molecule has 1 amide bonds. The second-order valence-electron chi connectivity index (χ2n) is 5.20. The minimum Gasteiger partial charge on any atom is -0.444 e. The summed E-state index contributed by atoms with van der Waals surface area (Å²) in [6, 6.07) is 0.0161. The van der Waals surface area contributed by atoms with Crippen molar-refractivity contribution in [3.05, 3.63) is 12.7 Å². The van der Waals surface area contributed by atoms with Gasteiger partial charge < -0.3 is 14.7 Å². The average Bonchev–Trinajstić information content (AvgIpc) is 2.44. The van der Waals surface area contributed by atoms with E-state index in [1.165, 1.54) is 0 Å². The number of hydrogen-bond acceptors (Lipinski definition) is 3. The maximum absolute atomic E-state index is 11.9. The second kappa shape index (κ2) is 4.87. The molecule has 1 N–H and O–H groups in total. The number of β-amino-alcohol motifs (C(OH)–C–C–N with tert-alkyl or cyclic N) is 1. The van der Waals surface area contributed by atoms with Gasteiger partial charge in [-0.25, -0.2) is 4.79 Å². The zero-order chi connectivity index (χ0) is 12.3. The summed E-state index contributed by atoms with van der Waals surface area (Å²) in [5.41, 5.74) is -0.497. The van der Waals surface area contributed by atoms with Gasteiger partial charge in [0.05, 0.1) is 12.6 Å². The topological polar surface area (TPSA) is 49.8 Å². The highest BCUT2D eigenvalue weighted by Crippen LogP contribution is 2.23. The van der Waals surface area contributed by atoms with Gasteiger partial charge in [-0.2, -0.15) is 0 Å². The number of amides is 1. The molecule has 2 atom stereocenters. The van der Waals surface area contributed by atoms with Gasteiger partial charge in [-0.1, -0.05) is 6.08 Å². The molecule has 1 aliphatic heterocycles. The Bertz CT molecular complexity index is 270. The molecule has 1 aliphatic rings. The fraction of sp³-hybridized carbons (Fsp3) is 0.750. The molecule has 1 heterocycles. The van der Waals surface area contributed by atoms with Gasteiger partial charge in [0.25, 0.3) is 0 Å². The lowest BCUT2D eigenvalue weighted by molar-refractivity contribution is 0.0210. The number of hydrogen-bond donors (Lipinski definition) is 1. The van der Waals surface area contributed by atoms with Crippen molar-refractivity contribution in [2.75, 3.05) is 6.54 Å². The van der Waals surface area contributed by atoms with Gasteiger partial charge in [0, 0.05) is 6.04 Å². The van der Waals surface area contributed by atoms with Crippen molar-refractivity contribution in [3.63, 3.8) is 0 Å². The van der Waals surface area contributed by atoms with E-state index >= 15 is 0 Å². The first-order valence-corrected chi connectivity index (χ1v) is 5.62. The van der Waals surface area contributed by atoms with Crippen LogP contribution in [0.15, 0.2) is 12.7 Å². The lowest BCUT2D eigenvalue weighted by atomic mass is 10.1. The third-order valence-electron chi connectivity index (χ3n) is 2.46. The van der Waals surface area contributed by atoms with Gasteiger partial charge >= 0.3 is 6.09 Å². The Kier molecular flexibility index (Phi) is 3.97. The van der Waals surface area contributed by atoms with E-state index in [1.807, 2.05) is 20.8 Å². The third kappa shape index (κ3) is 3.52. The molecule has 1 rings (SSSR count). The first-order valence-electron chi connectivity index (χ1n) is 5.62. The van der Waals surface area contributed by atoms with Crippen LogP contribution in [-0.4, -0.2) is 40.4 Å². The van der Waals surface area contributed by atoms with Crippen LogP contribution in [0.4, 0.5) is 4.79 Å². The van der Waals surface area contributed by atoms with E-state index in [0.29, 0.717) is 19.4 Å². The molecule has 0 unspecified atom stereocenters. The molecule has 0 radical (unpaired) electrons. The summed E-state index contributed by atoms with van der Waals surface area (Å²) in [5.74, 6) is 0. The quantitative estimate of drug-likeness (QED) is 0.733. The van der Waals surface area contributed by atoms with Crippen molar-refractivity contribution < 1.29 is 14.6 Å². The number of aliphatic hydroxyl groups is 1. The highest BCUT2D eigenvalue weighted by molar-refractivity contribution is 5.69. The molecule has 92 valence electrons. The first kappa shape index (κ1) is 13.0. The Morgan fingerprint density at radius 2 is 2.25 bits per heavy atom. The number of rotatable bonds is 2. The third-order valence-corrected chi connectivity index (χ3v) is 2.46. The van der Waals surface area contributed by atoms with Crippen LogP contribution in [-0.2, 0) is 4.74 Å². The Labute approximate surface area is 96.9 Å². The number of nitrogens with zero attached hydrogens (tertiary/aromatic N) is 1. The predicted octanol–water partition coefficient (Wildman–Crippen LogP) is 1.93. The molecule has 1 saturated heterocycles. The fourth-order valence-electron chi connectivity index (χ4n) is 1.85. The van der Waals surface area contributed by atoms with Gasteiger partial charge in [0.2, 0.25) is 0 Å². The Balaban J connectivity index is 2.63. The first-order chi connectivity index (χ1) is 7.33. The van der Waals surface area contributed by atoms with Gasteiger partial charge in [-0.05, 0) is 33.6 Å². The van der Waals surface area contributed by atoms with E-state index in [-0.39, 0.29) is 12.1 Å². The summed E-state index contributed by atoms with van der Waals surface area (Å²) in [7, 11) is 0. The van der Waals surface area contributed by atoms with Crippen LogP contribution in [0.5, 0.6) is 0 Å². The minimum atomic E-state index is -0.497. The lowest BCUT2D eigenvalue weighted by Crippen LogP contribution is -2.40. The van der Waals surface area contributed by atoms with Crippen LogP contribution in [0.25, 0.3) is 0 Å². The molecule has 1 fully saturated rings. The normalized spacial score (nSPS) is 25.6. The van der Waals surface area contributed by atoms with Crippen molar-refractivity contribution in [1.82, 2.24) is 4.90 Å². The molecule has 0 saturated carbocycles. The van der Waals surface area contributed by atoms with E-state index in [4.69, 9.17) is 4.74 Å².